The minimum absolute atomic E-state index is 0.00484. The second kappa shape index (κ2) is 3.71. The van der Waals surface area contributed by atoms with Gasteiger partial charge in [0.15, 0.2) is 5.76 Å². The number of benzene rings is 1. The number of nitriles is 1. The molecule has 0 amide bonds. The molecule has 1 aromatic heterocycles. The third-order valence-electron chi connectivity index (χ3n) is 1.85. The van der Waals surface area contributed by atoms with Crippen molar-refractivity contribution in [2.45, 2.75) is 0 Å². The van der Waals surface area contributed by atoms with E-state index < -0.39 is 5.82 Å². The van der Waals surface area contributed by atoms with Gasteiger partial charge in [0.05, 0.1) is 11.8 Å². The van der Waals surface area contributed by atoms with Crippen LogP contribution in [0.3, 0.4) is 0 Å². The van der Waals surface area contributed by atoms with E-state index in [1.54, 1.807) is 12.1 Å². The van der Waals surface area contributed by atoms with Crippen LogP contribution in [0.15, 0.2) is 28.8 Å². The largest absolute Gasteiger partial charge is 0.428 e. The fraction of sp³-hybridized carbons (Fsp3) is 0. The molecule has 0 bridgehead atoms. The Morgan fingerprint density at radius 2 is 2.27 bits per heavy atom. The van der Waals surface area contributed by atoms with Crippen LogP contribution in [0.4, 0.5) is 4.39 Å². The lowest BCUT2D eigenvalue weighted by Crippen LogP contribution is -1.84. The van der Waals surface area contributed by atoms with Crippen LogP contribution in [0.25, 0.3) is 11.3 Å². The molecule has 0 aliphatic rings. The average molecular weight is 223 g/mol. The Bertz CT molecular complexity index is 545. The summed E-state index contributed by atoms with van der Waals surface area (Å²) >= 11 is 5.48. The highest BCUT2D eigenvalue weighted by atomic mass is 35.5. The van der Waals surface area contributed by atoms with Gasteiger partial charge in [-0.3, -0.25) is 0 Å². The number of hydrogen-bond acceptors (Lipinski definition) is 3. The summed E-state index contributed by atoms with van der Waals surface area (Å²) in [5.74, 6) is -0.231. The number of hydrogen-bond donors (Lipinski definition) is 0. The summed E-state index contributed by atoms with van der Waals surface area (Å²) in [6.45, 7) is 0. The van der Waals surface area contributed by atoms with Crippen LogP contribution in [0.5, 0.6) is 0 Å². The van der Waals surface area contributed by atoms with Crippen molar-refractivity contribution in [3.05, 3.63) is 41.1 Å². The van der Waals surface area contributed by atoms with Crippen LogP contribution in [0.1, 0.15) is 5.56 Å². The summed E-state index contributed by atoms with van der Waals surface area (Å²) in [6.07, 6.45) is 1.39. The first-order chi connectivity index (χ1) is 7.20. The highest BCUT2D eigenvalue weighted by molar-refractivity contribution is 6.27. The van der Waals surface area contributed by atoms with E-state index in [-0.39, 0.29) is 10.9 Å². The standard InChI is InChI=1S/C10H4ClFN2O/c11-10-14-5-9(15-10)6-1-2-7(4-13)8(12)3-6/h1-3,5H. The van der Waals surface area contributed by atoms with Gasteiger partial charge in [-0.2, -0.15) is 5.26 Å². The molecule has 2 rings (SSSR count). The molecule has 0 atom stereocenters. The molecule has 1 aromatic carbocycles. The van der Waals surface area contributed by atoms with Crippen molar-refractivity contribution in [2.24, 2.45) is 0 Å². The van der Waals surface area contributed by atoms with Gasteiger partial charge >= 0.3 is 0 Å². The average Bonchev–Trinajstić information content (AvgIpc) is 2.65. The van der Waals surface area contributed by atoms with E-state index in [0.717, 1.165) is 0 Å². The van der Waals surface area contributed by atoms with Crippen LogP contribution in [0, 0.1) is 17.1 Å². The third kappa shape index (κ3) is 1.83. The summed E-state index contributed by atoms with van der Waals surface area (Å²) in [7, 11) is 0. The van der Waals surface area contributed by atoms with Crippen LogP contribution in [-0.4, -0.2) is 4.98 Å². The zero-order chi connectivity index (χ0) is 10.8. The maximum absolute atomic E-state index is 13.2. The maximum atomic E-state index is 13.2. The molecule has 0 unspecified atom stereocenters. The van der Waals surface area contributed by atoms with Gasteiger partial charge in [0.2, 0.25) is 0 Å². The molecule has 0 radical (unpaired) electrons. The minimum Gasteiger partial charge on any atom is -0.428 e. The number of rotatable bonds is 1. The van der Waals surface area contributed by atoms with Crippen LogP contribution >= 0.6 is 11.6 Å². The number of halogens is 2. The lowest BCUT2D eigenvalue weighted by atomic mass is 10.1. The van der Waals surface area contributed by atoms with Gasteiger partial charge in [0.1, 0.15) is 11.9 Å². The predicted octanol–water partition coefficient (Wildman–Crippen LogP) is 3.01. The Morgan fingerprint density at radius 1 is 1.47 bits per heavy atom. The fourth-order valence-corrected chi connectivity index (χ4v) is 1.28. The SMILES string of the molecule is N#Cc1ccc(-c2cnc(Cl)o2)cc1F. The summed E-state index contributed by atoms with van der Waals surface area (Å²) in [5, 5.41) is 8.53. The summed E-state index contributed by atoms with van der Waals surface area (Å²) < 4.78 is 18.2. The Labute approximate surface area is 89.7 Å². The Kier molecular flexibility index (Phi) is 2.40. The second-order valence-electron chi connectivity index (χ2n) is 2.78. The number of oxazole rings is 1. The number of nitrogens with zero attached hydrogens (tertiary/aromatic N) is 2. The molecule has 5 heteroatoms. The van der Waals surface area contributed by atoms with Crippen molar-refractivity contribution in [1.29, 1.82) is 5.26 Å². The first-order valence-corrected chi connectivity index (χ1v) is 4.40. The van der Waals surface area contributed by atoms with Gasteiger partial charge in [-0.05, 0) is 29.8 Å². The molecule has 0 N–H and O–H groups in total. The lowest BCUT2D eigenvalue weighted by molar-refractivity contribution is 0.572. The second-order valence-corrected chi connectivity index (χ2v) is 3.11. The van der Waals surface area contributed by atoms with Crippen molar-refractivity contribution in [2.75, 3.05) is 0 Å². The molecule has 0 spiro atoms. The van der Waals surface area contributed by atoms with Gasteiger partial charge in [-0.1, -0.05) is 0 Å². The summed E-state index contributed by atoms with van der Waals surface area (Å²) in [6, 6.07) is 5.88. The quantitative estimate of drug-likeness (QED) is 0.745. The van der Waals surface area contributed by atoms with Crippen LogP contribution in [-0.2, 0) is 0 Å². The first kappa shape index (κ1) is 9.69. The van der Waals surface area contributed by atoms with Crippen molar-refractivity contribution in [3.63, 3.8) is 0 Å². The highest BCUT2D eigenvalue weighted by Gasteiger charge is 2.08. The summed E-state index contributed by atoms with van der Waals surface area (Å²) in [4.78, 5) is 3.68. The minimum atomic E-state index is -0.595. The maximum Gasteiger partial charge on any atom is 0.292 e. The Morgan fingerprint density at radius 3 is 2.80 bits per heavy atom. The van der Waals surface area contributed by atoms with Crippen LogP contribution < -0.4 is 0 Å². The molecule has 15 heavy (non-hydrogen) atoms. The smallest absolute Gasteiger partial charge is 0.292 e. The molecular formula is C10H4ClFN2O. The van der Waals surface area contributed by atoms with Gasteiger partial charge in [0.25, 0.3) is 5.35 Å². The van der Waals surface area contributed by atoms with E-state index in [2.05, 4.69) is 4.98 Å². The molecular weight excluding hydrogens is 219 g/mol. The van der Waals surface area contributed by atoms with Gasteiger partial charge in [0, 0.05) is 5.56 Å². The van der Waals surface area contributed by atoms with E-state index in [1.165, 1.54) is 18.3 Å². The summed E-state index contributed by atoms with van der Waals surface area (Å²) in [5.41, 5.74) is 0.482. The molecule has 2 aromatic rings. The Balaban J connectivity index is 2.48. The van der Waals surface area contributed by atoms with E-state index >= 15 is 0 Å². The van der Waals surface area contributed by atoms with Crippen molar-refractivity contribution >= 4 is 11.6 Å². The van der Waals surface area contributed by atoms with Gasteiger partial charge < -0.3 is 4.42 Å². The van der Waals surface area contributed by atoms with Crippen molar-refractivity contribution < 1.29 is 8.81 Å². The van der Waals surface area contributed by atoms with Crippen LogP contribution in [0.2, 0.25) is 5.35 Å². The molecule has 0 saturated carbocycles. The molecule has 0 aliphatic heterocycles. The fourth-order valence-electron chi connectivity index (χ4n) is 1.15. The zero-order valence-corrected chi connectivity index (χ0v) is 8.12. The molecule has 1 heterocycles. The molecule has 0 fully saturated rings. The monoisotopic (exact) mass is 222 g/mol. The highest BCUT2D eigenvalue weighted by Crippen LogP contribution is 2.23. The first-order valence-electron chi connectivity index (χ1n) is 4.02. The lowest BCUT2D eigenvalue weighted by Gasteiger charge is -1.97. The van der Waals surface area contributed by atoms with E-state index in [1.807, 2.05) is 0 Å². The third-order valence-corrected chi connectivity index (χ3v) is 2.03. The van der Waals surface area contributed by atoms with Gasteiger partial charge in [-0.15, -0.1) is 0 Å². The molecule has 0 aliphatic carbocycles. The topological polar surface area (TPSA) is 49.8 Å². The van der Waals surface area contributed by atoms with Crippen molar-refractivity contribution in [1.82, 2.24) is 4.98 Å². The molecule has 74 valence electrons. The zero-order valence-electron chi connectivity index (χ0n) is 7.37. The van der Waals surface area contributed by atoms with Crippen molar-refractivity contribution in [3.8, 4) is 17.4 Å². The van der Waals surface area contributed by atoms with E-state index in [0.29, 0.717) is 11.3 Å². The Hall–Kier alpha value is -1.86. The van der Waals surface area contributed by atoms with E-state index in [9.17, 15) is 4.39 Å². The molecule has 0 saturated heterocycles. The molecule has 3 nitrogen and oxygen atoms in total. The number of aromatic nitrogens is 1. The normalized spacial score (nSPS) is 9.93. The van der Waals surface area contributed by atoms with E-state index in [4.69, 9.17) is 21.3 Å². The predicted molar refractivity (Wildman–Crippen MR) is 51.6 cm³/mol. The van der Waals surface area contributed by atoms with Gasteiger partial charge in [-0.25, -0.2) is 9.37 Å².